The first-order chi connectivity index (χ1) is 9.35. The molecule has 0 aromatic carbocycles. The van der Waals surface area contributed by atoms with Gasteiger partial charge in [0.2, 0.25) is 0 Å². The first kappa shape index (κ1) is 15.4. The van der Waals surface area contributed by atoms with Gasteiger partial charge in [-0.3, -0.25) is 4.79 Å². The van der Waals surface area contributed by atoms with Gasteiger partial charge in [0.25, 0.3) is 0 Å². The molecule has 0 spiro atoms. The van der Waals surface area contributed by atoms with Gasteiger partial charge in [0.05, 0.1) is 5.92 Å². The summed E-state index contributed by atoms with van der Waals surface area (Å²) in [4.78, 5) is 22.8. The van der Waals surface area contributed by atoms with Crippen molar-refractivity contribution in [2.24, 2.45) is 11.8 Å². The lowest BCUT2D eigenvalue weighted by Crippen LogP contribution is -2.42. The number of rotatable bonds is 5. The summed E-state index contributed by atoms with van der Waals surface area (Å²) in [6.07, 6.45) is -0.846. The van der Waals surface area contributed by atoms with Crippen molar-refractivity contribution in [2.45, 2.75) is 37.2 Å². The number of esters is 2. The number of hydrogen-bond acceptors (Lipinski definition) is 8. The smallest absolute Gasteiger partial charge is 0.415 e. The molecule has 4 atom stereocenters. The van der Waals surface area contributed by atoms with Crippen molar-refractivity contribution in [3.63, 3.8) is 0 Å². The van der Waals surface area contributed by atoms with Crippen LogP contribution in [0.1, 0.15) is 19.8 Å². The quantitative estimate of drug-likeness (QED) is 0.353. The molecule has 1 heterocycles. The van der Waals surface area contributed by atoms with E-state index in [1.54, 1.807) is 6.92 Å². The van der Waals surface area contributed by atoms with Crippen molar-refractivity contribution in [2.75, 3.05) is 0 Å². The van der Waals surface area contributed by atoms with E-state index in [-0.39, 0.29) is 11.8 Å². The summed E-state index contributed by atoms with van der Waals surface area (Å²) in [5.74, 6) is -2.77. The molecule has 1 N–H and O–H groups in total. The van der Waals surface area contributed by atoms with Gasteiger partial charge in [0.1, 0.15) is 24.3 Å². The maximum absolute atomic E-state index is 13.3. The Morgan fingerprint density at radius 3 is 2.85 bits per heavy atom. The van der Waals surface area contributed by atoms with Crippen molar-refractivity contribution < 1.29 is 42.5 Å². The first-order valence-corrected chi connectivity index (χ1v) is 6.54. The second-order valence-electron chi connectivity index (χ2n) is 4.73. The molecule has 1 aliphatic heterocycles. The summed E-state index contributed by atoms with van der Waals surface area (Å²) >= 11 is -0.691. The van der Waals surface area contributed by atoms with Crippen LogP contribution in [-0.2, 0) is 28.4 Å². The molecule has 1 saturated carbocycles. The van der Waals surface area contributed by atoms with E-state index in [1.807, 2.05) is 0 Å². The highest BCUT2D eigenvalue weighted by Gasteiger charge is 2.52. The molecule has 7 nitrogen and oxygen atoms in total. The van der Waals surface area contributed by atoms with Gasteiger partial charge in [0.15, 0.2) is 0 Å². The van der Waals surface area contributed by atoms with Crippen LogP contribution >= 0.6 is 12.0 Å². The van der Waals surface area contributed by atoms with Gasteiger partial charge < -0.3 is 9.47 Å². The normalized spacial score (nSPS) is 32.9. The van der Waals surface area contributed by atoms with Crippen LogP contribution in [0.5, 0.6) is 0 Å². The Balaban J connectivity index is 1.98. The summed E-state index contributed by atoms with van der Waals surface area (Å²) in [6, 6.07) is 0. The highest BCUT2D eigenvalue weighted by Crippen LogP contribution is 2.41. The Labute approximate surface area is 116 Å². The highest BCUT2D eigenvalue weighted by molar-refractivity contribution is 7.96. The zero-order valence-corrected chi connectivity index (χ0v) is 11.1. The van der Waals surface area contributed by atoms with Gasteiger partial charge in [-0.2, -0.15) is 8.78 Å². The Morgan fingerprint density at radius 2 is 2.20 bits per heavy atom. The average molecular weight is 314 g/mol. The third-order valence-electron chi connectivity index (χ3n) is 3.35. The SMILES string of the molecule is CC1CC2CC(OC2=O)C1OC(=O)C(F)(F)SOOO. The summed E-state index contributed by atoms with van der Waals surface area (Å²) in [5.41, 5.74) is 0. The molecule has 20 heavy (non-hydrogen) atoms. The number of carbonyl (C=O) groups is 2. The molecule has 0 amide bonds. The standard InChI is InChI=1S/C10H12F2O7S/c1-4-2-5-3-6(16-8(5)13)7(4)17-9(14)10(11,12)20-19-18-15/h4-7,15H,2-3H2,1H3. The van der Waals surface area contributed by atoms with E-state index in [0.717, 1.165) is 0 Å². The maximum Gasteiger partial charge on any atom is 0.415 e. The van der Waals surface area contributed by atoms with Gasteiger partial charge in [-0.15, -0.1) is 4.33 Å². The van der Waals surface area contributed by atoms with E-state index in [2.05, 4.69) is 9.37 Å². The molecular formula is C10H12F2O7S. The van der Waals surface area contributed by atoms with E-state index in [1.165, 1.54) is 0 Å². The van der Waals surface area contributed by atoms with E-state index in [0.29, 0.717) is 12.8 Å². The van der Waals surface area contributed by atoms with Crippen LogP contribution in [0.2, 0.25) is 0 Å². The lowest BCUT2D eigenvalue weighted by molar-refractivity contribution is -0.433. The predicted molar refractivity (Wildman–Crippen MR) is 59.0 cm³/mol. The van der Waals surface area contributed by atoms with Gasteiger partial charge in [0, 0.05) is 6.42 Å². The number of carbonyl (C=O) groups excluding carboxylic acids is 2. The van der Waals surface area contributed by atoms with E-state index >= 15 is 0 Å². The fourth-order valence-electron chi connectivity index (χ4n) is 2.49. The fourth-order valence-corrected chi connectivity index (χ4v) is 2.72. The molecule has 0 aromatic rings. The van der Waals surface area contributed by atoms with E-state index in [4.69, 9.17) is 14.7 Å². The number of alkyl halides is 2. The minimum atomic E-state index is -4.05. The number of ether oxygens (including phenoxy) is 2. The molecule has 4 unspecified atom stereocenters. The van der Waals surface area contributed by atoms with Crippen LogP contribution in [-0.4, -0.2) is 34.7 Å². The third kappa shape index (κ3) is 3.03. The highest BCUT2D eigenvalue weighted by atomic mass is 32.2. The molecule has 10 heteroatoms. The molecule has 1 saturated heterocycles. The summed E-state index contributed by atoms with van der Waals surface area (Å²) in [6.45, 7) is 1.69. The molecule has 2 fully saturated rings. The zero-order valence-electron chi connectivity index (χ0n) is 10.3. The minimum absolute atomic E-state index is 0.258. The Kier molecular flexibility index (Phi) is 4.47. The summed E-state index contributed by atoms with van der Waals surface area (Å²) in [7, 11) is 0. The Bertz CT molecular complexity index is 405. The minimum Gasteiger partial charge on any atom is -0.458 e. The maximum atomic E-state index is 13.3. The second kappa shape index (κ2) is 5.80. The van der Waals surface area contributed by atoms with Crippen LogP contribution < -0.4 is 0 Å². The fraction of sp³-hybridized carbons (Fsp3) is 0.800. The largest absolute Gasteiger partial charge is 0.458 e. The topological polar surface area (TPSA) is 91.3 Å². The molecule has 1 aliphatic carbocycles. The third-order valence-corrected chi connectivity index (χ3v) is 3.86. The van der Waals surface area contributed by atoms with Gasteiger partial charge in [-0.05, 0) is 12.3 Å². The van der Waals surface area contributed by atoms with Crippen molar-refractivity contribution in [1.82, 2.24) is 0 Å². The van der Waals surface area contributed by atoms with Crippen molar-refractivity contribution in [1.29, 1.82) is 0 Å². The van der Waals surface area contributed by atoms with Crippen LogP contribution in [0, 0.1) is 11.8 Å². The molecule has 114 valence electrons. The lowest BCUT2D eigenvalue weighted by Gasteiger charge is -2.31. The van der Waals surface area contributed by atoms with E-state index < -0.39 is 41.4 Å². The van der Waals surface area contributed by atoms with Crippen molar-refractivity contribution >= 4 is 24.0 Å². The van der Waals surface area contributed by atoms with Crippen LogP contribution in [0.3, 0.4) is 0 Å². The molecule has 2 aliphatic rings. The first-order valence-electron chi connectivity index (χ1n) is 5.80. The summed E-state index contributed by atoms with van der Waals surface area (Å²) in [5, 5.41) is 6.76. The van der Waals surface area contributed by atoms with Gasteiger partial charge in [-0.25, -0.2) is 10.1 Å². The zero-order chi connectivity index (χ0) is 14.9. The Morgan fingerprint density at radius 1 is 1.50 bits per heavy atom. The van der Waals surface area contributed by atoms with Crippen LogP contribution in [0.25, 0.3) is 0 Å². The molecule has 0 radical (unpaired) electrons. The molecule has 2 rings (SSSR count). The predicted octanol–water partition coefficient (Wildman–Crippen LogP) is 1.53. The van der Waals surface area contributed by atoms with Crippen LogP contribution in [0.15, 0.2) is 0 Å². The lowest BCUT2D eigenvalue weighted by atomic mass is 9.81. The van der Waals surface area contributed by atoms with Gasteiger partial charge >= 0.3 is 17.2 Å². The van der Waals surface area contributed by atoms with Crippen molar-refractivity contribution in [3.05, 3.63) is 0 Å². The number of halogens is 2. The Hall–Kier alpha value is -0.970. The molecule has 2 bridgehead atoms. The van der Waals surface area contributed by atoms with Gasteiger partial charge in [-0.1, -0.05) is 12.0 Å². The average Bonchev–Trinajstić information content (AvgIpc) is 2.69. The van der Waals surface area contributed by atoms with E-state index in [9.17, 15) is 18.4 Å². The van der Waals surface area contributed by atoms with Crippen molar-refractivity contribution in [3.8, 4) is 0 Å². The monoisotopic (exact) mass is 314 g/mol. The molecule has 0 aromatic heterocycles. The summed E-state index contributed by atoms with van der Waals surface area (Å²) < 4.78 is 39.8. The molecular weight excluding hydrogens is 302 g/mol. The number of fused-ring (bicyclic) bond motifs is 2. The number of hydrogen-bond donors (Lipinski definition) is 1. The second-order valence-corrected chi connectivity index (χ2v) is 5.55. The van der Waals surface area contributed by atoms with Crippen LogP contribution in [0.4, 0.5) is 8.78 Å².